The van der Waals surface area contributed by atoms with E-state index in [4.69, 9.17) is 10.5 Å². The van der Waals surface area contributed by atoms with Gasteiger partial charge < -0.3 is 29.0 Å². The molecule has 0 bridgehead atoms. The minimum absolute atomic E-state index is 0. The van der Waals surface area contributed by atoms with Crippen LogP contribution in [0.2, 0.25) is 0 Å². The van der Waals surface area contributed by atoms with E-state index in [1.807, 2.05) is 37.3 Å². The minimum atomic E-state index is -0.296. The van der Waals surface area contributed by atoms with E-state index in [-0.39, 0.29) is 47.6 Å². The fourth-order valence-corrected chi connectivity index (χ4v) is 1.28. The molecule has 0 fully saturated rings. The molecule has 1 aromatic rings. The largest absolute Gasteiger partial charge is 2.00 e. The van der Waals surface area contributed by atoms with Gasteiger partial charge in [-0.3, -0.25) is 0 Å². The first kappa shape index (κ1) is 28.3. The SMILES string of the molecule is CCOC(=O)C(CC)=C(C)N.N.[CH2-]c1ccccc1.[Cl-].[Mg+2]. The Labute approximate surface area is 150 Å². The van der Waals surface area contributed by atoms with Crippen molar-refractivity contribution >= 4 is 29.0 Å². The number of hydrogen-bond acceptors (Lipinski definition) is 4. The number of halogens is 1. The Morgan fingerprint density at radius 1 is 1.24 bits per heavy atom. The summed E-state index contributed by atoms with van der Waals surface area (Å²) in [7, 11) is 0. The average Bonchev–Trinajstić information content (AvgIpc) is 2.31. The van der Waals surface area contributed by atoms with Crippen LogP contribution in [0.5, 0.6) is 0 Å². The van der Waals surface area contributed by atoms with E-state index in [0.29, 0.717) is 24.3 Å². The molecule has 1 rings (SSSR count). The van der Waals surface area contributed by atoms with Crippen molar-refractivity contribution in [3.63, 3.8) is 0 Å². The molecule has 0 unspecified atom stereocenters. The molecule has 0 amide bonds. The van der Waals surface area contributed by atoms with Crippen LogP contribution in [-0.2, 0) is 9.53 Å². The van der Waals surface area contributed by atoms with Crippen molar-refractivity contribution in [1.29, 1.82) is 0 Å². The average molecular weight is 325 g/mol. The van der Waals surface area contributed by atoms with Crippen LogP contribution in [0.4, 0.5) is 0 Å². The summed E-state index contributed by atoms with van der Waals surface area (Å²) in [4.78, 5) is 11.1. The fraction of sp³-hybridized carbons (Fsp3) is 0.333. The molecule has 0 saturated heterocycles. The Bertz CT molecular complexity index is 394. The van der Waals surface area contributed by atoms with Gasteiger partial charge in [-0.25, -0.2) is 4.79 Å². The second-order valence-electron chi connectivity index (χ2n) is 3.72. The molecule has 0 radical (unpaired) electrons. The molecule has 0 aliphatic carbocycles. The first-order chi connectivity index (χ1) is 8.52. The Balaban J connectivity index is -0.000000127. The summed E-state index contributed by atoms with van der Waals surface area (Å²) in [6.07, 6.45) is 0.626. The molecule has 6 heteroatoms. The molecule has 1 aromatic carbocycles. The number of carbonyl (C=O) groups excluding carboxylic acids is 1. The van der Waals surface area contributed by atoms with Gasteiger partial charge in [0, 0.05) is 5.70 Å². The number of benzene rings is 1. The van der Waals surface area contributed by atoms with Gasteiger partial charge in [0.15, 0.2) is 0 Å². The third-order valence-corrected chi connectivity index (χ3v) is 2.19. The third kappa shape index (κ3) is 13.8. The summed E-state index contributed by atoms with van der Waals surface area (Å²) in [5, 5.41) is 0. The predicted octanol–water partition coefficient (Wildman–Crippen LogP) is -0.154. The summed E-state index contributed by atoms with van der Waals surface area (Å²) in [6.45, 7) is 9.48. The topological polar surface area (TPSA) is 87.3 Å². The van der Waals surface area contributed by atoms with Gasteiger partial charge in [-0.05, 0) is 20.3 Å². The molecule has 116 valence electrons. The molecule has 21 heavy (non-hydrogen) atoms. The maximum atomic E-state index is 11.1. The number of allylic oxidation sites excluding steroid dienone is 1. The predicted molar refractivity (Wildman–Crippen MR) is 85.5 cm³/mol. The minimum Gasteiger partial charge on any atom is -1.00 e. The van der Waals surface area contributed by atoms with E-state index < -0.39 is 0 Å². The van der Waals surface area contributed by atoms with E-state index in [2.05, 4.69) is 6.92 Å². The van der Waals surface area contributed by atoms with Crippen molar-refractivity contribution in [3.05, 3.63) is 54.1 Å². The van der Waals surface area contributed by atoms with E-state index in [1.54, 1.807) is 13.8 Å². The maximum Gasteiger partial charge on any atom is 2.00 e. The molecule has 0 atom stereocenters. The molecule has 0 aromatic heterocycles. The van der Waals surface area contributed by atoms with E-state index in [1.165, 1.54) is 0 Å². The normalized spacial score (nSPS) is 9.29. The molecular formula is C15H25ClMgN2O2. The number of rotatable bonds is 3. The van der Waals surface area contributed by atoms with Gasteiger partial charge in [-0.15, -0.1) is 12.1 Å². The van der Waals surface area contributed by atoms with Crippen molar-refractivity contribution in [2.75, 3.05) is 6.61 Å². The summed E-state index contributed by atoms with van der Waals surface area (Å²) < 4.78 is 4.78. The van der Waals surface area contributed by atoms with Crippen LogP contribution < -0.4 is 24.3 Å². The van der Waals surface area contributed by atoms with Gasteiger partial charge in [0.05, 0.1) is 12.2 Å². The fourth-order valence-electron chi connectivity index (χ4n) is 1.28. The third-order valence-electron chi connectivity index (χ3n) is 2.19. The molecule has 0 aliphatic heterocycles. The van der Waals surface area contributed by atoms with E-state index >= 15 is 0 Å². The second kappa shape index (κ2) is 17.2. The quantitative estimate of drug-likeness (QED) is 0.350. The van der Waals surface area contributed by atoms with Crippen LogP contribution in [0.3, 0.4) is 0 Å². The van der Waals surface area contributed by atoms with Crippen molar-refractivity contribution in [1.82, 2.24) is 6.15 Å². The number of esters is 1. The Kier molecular flexibility index (Phi) is 23.1. The maximum absolute atomic E-state index is 11.1. The Morgan fingerprint density at radius 3 is 1.95 bits per heavy atom. The Hall–Kier alpha value is -0.884. The summed E-state index contributed by atoms with van der Waals surface area (Å²) >= 11 is 0. The van der Waals surface area contributed by atoms with Gasteiger partial charge in [0.25, 0.3) is 0 Å². The van der Waals surface area contributed by atoms with E-state index in [9.17, 15) is 4.79 Å². The van der Waals surface area contributed by atoms with Crippen LogP contribution in [-0.4, -0.2) is 35.6 Å². The van der Waals surface area contributed by atoms with Crippen LogP contribution >= 0.6 is 0 Å². The van der Waals surface area contributed by atoms with Crippen LogP contribution in [0, 0.1) is 6.92 Å². The van der Waals surface area contributed by atoms with Crippen molar-refractivity contribution in [3.8, 4) is 0 Å². The first-order valence-corrected chi connectivity index (χ1v) is 6.02. The zero-order valence-electron chi connectivity index (χ0n) is 13.2. The van der Waals surface area contributed by atoms with Crippen LogP contribution in [0.1, 0.15) is 32.8 Å². The summed E-state index contributed by atoms with van der Waals surface area (Å²) in [6, 6.07) is 9.87. The van der Waals surface area contributed by atoms with Gasteiger partial charge in [-0.2, -0.15) is 24.6 Å². The van der Waals surface area contributed by atoms with Gasteiger partial charge in [0.1, 0.15) is 0 Å². The zero-order valence-corrected chi connectivity index (χ0v) is 15.4. The molecule has 0 aliphatic rings. The Morgan fingerprint density at radius 2 is 1.71 bits per heavy atom. The van der Waals surface area contributed by atoms with E-state index in [0.717, 1.165) is 5.56 Å². The number of carbonyl (C=O) groups is 1. The van der Waals surface area contributed by atoms with Crippen LogP contribution in [0.25, 0.3) is 0 Å². The second-order valence-corrected chi connectivity index (χ2v) is 3.72. The molecule has 0 saturated carbocycles. The van der Waals surface area contributed by atoms with Gasteiger partial charge in [0.2, 0.25) is 0 Å². The molecule has 4 nitrogen and oxygen atoms in total. The molecule has 0 heterocycles. The standard InChI is InChI=1S/C8H15NO2.C7H7.ClH.Mg.H3N/c1-4-7(6(3)9)8(10)11-5-2;1-7-5-3-2-4-6-7;;;/h4-5,9H2,1-3H3;2-6H,1H2;1H;;1H3/q;-1;;+2;/p-1. The van der Waals surface area contributed by atoms with Crippen molar-refractivity contribution in [2.45, 2.75) is 27.2 Å². The zero-order chi connectivity index (χ0) is 14.0. The molecule has 5 N–H and O–H groups in total. The summed E-state index contributed by atoms with van der Waals surface area (Å²) in [5.41, 5.74) is 7.65. The van der Waals surface area contributed by atoms with Gasteiger partial charge in [-0.1, -0.05) is 13.0 Å². The molecular weight excluding hydrogens is 300 g/mol. The van der Waals surface area contributed by atoms with Gasteiger partial charge >= 0.3 is 29.0 Å². The molecule has 0 spiro atoms. The van der Waals surface area contributed by atoms with Crippen LogP contribution in [0.15, 0.2) is 41.6 Å². The summed E-state index contributed by atoms with van der Waals surface area (Å²) in [5.74, 6) is -0.296. The first-order valence-electron chi connectivity index (χ1n) is 6.02. The number of nitrogens with two attached hydrogens (primary N) is 1. The number of hydrogen-bond donors (Lipinski definition) is 2. The van der Waals surface area contributed by atoms with Crippen molar-refractivity contribution < 1.29 is 21.9 Å². The number of ether oxygens (including phenoxy) is 1. The van der Waals surface area contributed by atoms with Crippen molar-refractivity contribution in [2.24, 2.45) is 5.73 Å². The monoisotopic (exact) mass is 324 g/mol. The smallest absolute Gasteiger partial charge is 1.00 e.